The zero-order chi connectivity index (χ0) is 8.27. The zero-order valence-electron chi connectivity index (χ0n) is 6.47. The molecule has 4 nitrogen and oxygen atoms in total. The van der Waals surface area contributed by atoms with Crippen molar-refractivity contribution in [2.45, 2.75) is 19.4 Å². The fourth-order valence-corrected chi connectivity index (χ4v) is 1.00. The fourth-order valence-electron chi connectivity index (χ4n) is 0.868. The summed E-state index contributed by atoms with van der Waals surface area (Å²) in [6.07, 6.45) is 0.817. The van der Waals surface area contributed by atoms with Gasteiger partial charge in [0.1, 0.15) is 6.10 Å². The van der Waals surface area contributed by atoms with Gasteiger partial charge >= 0.3 is 0 Å². The minimum absolute atomic E-state index is 0.0324. The molecule has 1 aromatic rings. The molecule has 0 fully saturated rings. The summed E-state index contributed by atoms with van der Waals surface area (Å²) in [5.74, 6) is 0.681. The monoisotopic (exact) mass is 175 g/mol. The van der Waals surface area contributed by atoms with E-state index in [1.54, 1.807) is 7.11 Å². The second-order valence-corrected chi connectivity index (χ2v) is 2.46. The van der Waals surface area contributed by atoms with Gasteiger partial charge in [0.15, 0.2) is 5.82 Å². The Hall–Kier alpha value is -0.610. The van der Waals surface area contributed by atoms with Crippen molar-refractivity contribution in [3.05, 3.63) is 11.1 Å². The molecule has 11 heavy (non-hydrogen) atoms. The van der Waals surface area contributed by atoms with Crippen molar-refractivity contribution in [1.29, 1.82) is 0 Å². The normalized spacial score (nSPS) is 13.4. The first kappa shape index (κ1) is 8.49. The molecule has 0 spiro atoms. The summed E-state index contributed by atoms with van der Waals surface area (Å²) >= 11 is 5.51. The van der Waals surface area contributed by atoms with Crippen LogP contribution in [-0.2, 0) is 4.74 Å². The molecule has 0 aliphatic rings. The van der Waals surface area contributed by atoms with E-state index in [0.717, 1.165) is 6.42 Å². The maximum absolute atomic E-state index is 5.51. The summed E-state index contributed by atoms with van der Waals surface area (Å²) in [6.45, 7) is 2.00. The lowest BCUT2D eigenvalue weighted by Gasteiger charge is -2.07. The molecule has 1 rings (SSSR count). The highest BCUT2D eigenvalue weighted by Gasteiger charge is 2.11. The Morgan fingerprint density at radius 3 is 2.82 bits per heavy atom. The van der Waals surface area contributed by atoms with Gasteiger partial charge in [-0.25, -0.2) is 0 Å². The molecule has 1 heterocycles. The molecule has 0 aliphatic heterocycles. The number of aromatic amines is 1. The SMILES string of the molecule is CCC(OC)c1nc(Cl)n[nH]1. The topological polar surface area (TPSA) is 50.8 Å². The highest BCUT2D eigenvalue weighted by molar-refractivity contribution is 6.28. The van der Waals surface area contributed by atoms with E-state index < -0.39 is 0 Å². The zero-order valence-corrected chi connectivity index (χ0v) is 7.22. The number of ether oxygens (including phenoxy) is 1. The Labute approximate surface area is 69.9 Å². The van der Waals surface area contributed by atoms with Crippen molar-refractivity contribution in [1.82, 2.24) is 15.2 Å². The number of nitrogens with one attached hydrogen (secondary N) is 1. The minimum atomic E-state index is -0.0324. The number of H-pyrrole nitrogens is 1. The van der Waals surface area contributed by atoms with E-state index in [0.29, 0.717) is 5.82 Å². The third-order valence-electron chi connectivity index (χ3n) is 1.44. The molecule has 0 aliphatic carbocycles. The van der Waals surface area contributed by atoms with E-state index in [1.807, 2.05) is 6.92 Å². The molecule has 62 valence electrons. The van der Waals surface area contributed by atoms with Gasteiger partial charge in [-0.1, -0.05) is 6.92 Å². The predicted octanol–water partition coefficient (Wildman–Crippen LogP) is 1.56. The first-order chi connectivity index (χ1) is 5.27. The smallest absolute Gasteiger partial charge is 0.242 e. The molecule has 0 aromatic carbocycles. The Bertz CT molecular complexity index is 221. The van der Waals surface area contributed by atoms with Crippen LogP contribution in [0, 0.1) is 0 Å². The highest BCUT2D eigenvalue weighted by Crippen LogP contribution is 2.16. The van der Waals surface area contributed by atoms with Crippen molar-refractivity contribution in [2.75, 3.05) is 7.11 Å². The number of aromatic nitrogens is 3. The van der Waals surface area contributed by atoms with Crippen LogP contribution in [0.4, 0.5) is 0 Å². The van der Waals surface area contributed by atoms with E-state index in [-0.39, 0.29) is 11.4 Å². The lowest BCUT2D eigenvalue weighted by molar-refractivity contribution is 0.0929. The molecule has 1 N–H and O–H groups in total. The average molecular weight is 176 g/mol. The standard InChI is InChI=1S/C6H10ClN3O/c1-3-4(11-2)5-8-6(7)10-9-5/h4H,3H2,1-2H3,(H,8,9,10). The van der Waals surface area contributed by atoms with Crippen LogP contribution in [-0.4, -0.2) is 22.3 Å². The number of methoxy groups -OCH3 is 1. The molecule has 1 aromatic heterocycles. The van der Waals surface area contributed by atoms with Gasteiger partial charge in [0, 0.05) is 7.11 Å². The van der Waals surface area contributed by atoms with Gasteiger partial charge in [0.2, 0.25) is 5.28 Å². The highest BCUT2D eigenvalue weighted by atomic mass is 35.5. The van der Waals surface area contributed by atoms with Crippen molar-refractivity contribution in [3.8, 4) is 0 Å². The van der Waals surface area contributed by atoms with Crippen LogP contribution in [0.15, 0.2) is 0 Å². The van der Waals surface area contributed by atoms with Crippen LogP contribution in [0.1, 0.15) is 25.3 Å². The van der Waals surface area contributed by atoms with Gasteiger partial charge in [-0.15, -0.1) is 5.10 Å². The number of hydrogen-bond donors (Lipinski definition) is 1. The molecule has 0 saturated carbocycles. The lowest BCUT2D eigenvalue weighted by Crippen LogP contribution is -2.01. The molecular formula is C6H10ClN3O. The van der Waals surface area contributed by atoms with Gasteiger partial charge < -0.3 is 4.74 Å². The summed E-state index contributed by atoms with van der Waals surface area (Å²) in [4.78, 5) is 3.93. The average Bonchev–Trinajstić information content (AvgIpc) is 2.39. The largest absolute Gasteiger partial charge is 0.373 e. The first-order valence-electron chi connectivity index (χ1n) is 3.38. The van der Waals surface area contributed by atoms with E-state index in [4.69, 9.17) is 16.3 Å². The van der Waals surface area contributed by atoms with Crippen molar-refractivity contribution >= 4 is 11.6 Å². The first-order valence-corrected chi connectivity index (χ1v) is 3.76. The minimum Gasteiger partial charge on any atom is -0.373 e. The maximum Gasteiger partial charge on any atom is 0.242 e. The van der Waals surface area contributed by atoms with Crippen LogP contribution in [0.3, 0.4) is 0 Å². The number of hydrogen-bond acceptors (Lipinski definition) is 3. The van der Waals surface area contributed by atoms with Gasteiger partial charge in [-0.05, 0) is 18.0 Å². The van der Waals surface area contributed by atoms with E-state index >= 15 is 0 Å². The van der Waals surface area contributed by atoms with E-state index in [9.17, 15) is 0 Å². The number of nitrogens with zero attached hydrogens (tertiary/aromatic N) is 2. The summed E-state index contributed by atoms with van der Waals surface area (Å²) in [5, 5.41) is 6.60. The number of halogens is 1. The van der Waals surface area contributed by atoms with Gasteiger partial charge in [-0.2, -0.15) is 4.98 Å². The second-order valence-electron chi connectivity index (χ2n) is 2.12. The Kier molecular flexibility index (Phi) is 2.84. The van der Waals surface area contributed by atoms with E-state index in [1.165, 1.54) is 0 Å². The van der Waals surface area contributed by atoms with Crippen LogP contribution >= 0.6 is 11.6 Å². The molecule has 0 bridgehead atoms. The predicted molar refractivity (Wildman–Crippen MR) is 41.4 cm³/mol. The van der Waals surface area contributed by atoms with Gasteiger partial charge in [-0.3, -0.25) is 5.10 Å². The van der Waals surface area contributed by atoms with Crippen LogP contribution in [0.2, 0.25) is 5.28 Å². The number of rotatable bonds is 3. The molecule has 1 atom stereocenters. The third-order valence-corrected chi connectivity index (χ3v) is 1.60. The molecule has 1 unspecified atom stereocenters. The summed E-state index contributed by atoms with van der Waals surface area (Å²) in [7, 11) is 1.63. The molecular weight excluding hydrogens is 166 g/mol. The fraction of sp³-hybridized carbons (Fsp3) is 0.667. The lowest BCUT2D eigenvalue weighted by atomic mass is 10.3. The Morgan fingerprint density at radius 2 is 2.45 bits per heavy atom. The van der Waals surface area contributed by atoms with Crippen molar-refractivity contribution in [3.63, 3.8) is 0 Å². The second kappa shape index (κ2) is 3.69. The van der Waals surface area contributed by atoms with Crippen molar-refractivity contribution in [2.24, 2.45) is 0 Å². The molecule has 0 radical (unpaired) electrons. The summed E-state index contributed by atoms with van der Waals surface area (Å²) in [6, 6.07) is 0. The van der Waals surface area contributed by atoms with E-state index in [2.05, 4.69) is 15.2 Å². The quantitative estimate of drug-likeness (QED) is 0.759. The molecule has 0 amide bonds. The maximum atomic E-state index is 5.51. The van der Waals surface area contributed by atoms with Crippen molar-refractivity contribution < 1.29 is 4.74 Å². The van der Waals surface area contributed by atoms with Crippen LogP contribution in [0.5, 0.6) is 0 Å². The van der Waals surface area contributed by atoms with Gasteiger partial charge in [0.05, 0.1) is 0 Å². The summed E-state index contributed by atoms with van der Waals surface area (Å²) in [5.41, 5.74) is 0. The van der Waals surface area contributed by atoms with Crippen LogP contribution < -0.4 is 0 Å². The Balaban J connectivity index is 2.73. The van der Waals surface area contributed by atoms with Gasteiger partial charge in [0.25, 0.3) is 0 Å². The third kappa shape index (κ3) is 1.91. The molecule has 0 saturated heterocycles. The van der Waals surface area contributed by atoms with Crippen LogP contribution in [0.25, 0.3) is 0 Å². The molecule has 5 heteroatoms. The Morgan fingerprint density at radius 1 is 1.73 bits per heavy atom. The summed E-state index contributed by atoms with van der Waals surface area (Å²) < 4.78 is 5.11.